The predicted molar refractivity (Wildman–Crippen MR) is 89.4 cm³/mol. The van der Waals surface area contributed by atoms with Gasteiger partial charge in [0.15, 0.2) is 0 Å². The molecule has 1 amide bonds. The first kappa shape index (κ1) is 15.1. The summed E-state index contributed by atoms with van der Waals surface area (Å²) in [5, 5.41) is 0. The van der Waals surface area contributed by atoms with Crippen LogP contribution in [-0.2, 0) is 0 Å². The number of nitrogens with zero attached hydrogens (tertiary/aromatic N) is 1. The zero-order chi connectivity index (χ0) is 14.8. The van der Waals surface area contributed by atoms with Crippen molar-refractivity contribution in [1.29, 1.82) is 0 Å². The molecule has 1 aromatic rings. The molecule has 0 radical (unpaired) electrons. The van der Waals surface area contributed by atoms with E-state index in [1.54, 1.807) is 0 Å². The van der Waals surface area contributed by atoms with Crippen LogP contribution in [-0.4, -0.2) is 22.9 Å². The smallest absolute Gasteiger partial charge is 0.254 e. The lowest BCUT2D eigenvalue weighted by Gasteiger charge is -2.37. The van der Waals surface area contributed by atoms with Crippen molar-refractivity contribution in [2.45, 2.75) is 64.0 Å². The second-order valence-electron chi connectivity index (χ2n) is 6.54. The van der Waals surface area contributed by atoms with Crippen LogP contribution >= 0.6 is 15.9 Å². The minimum Gasteiger partial charge on any atom is -0.333 e. The molecule has 0 aliphatic heterocycles. The number of carbonyl (C=O) groups is 1. The molecule has 0 atom stereocenters. The molecule has 0 saturated heterocycles. The highest BCUT2D eigenvalue weighted by atomic mass is 79.9. The Labute approximate surface area is 136 Å². The lowest BCUT2D eigenvalue weighted by molar-refractivity contribution is 0.0587. The molecule has 0 heterocycles. The Kier molecular flexibility index (Phi) is 4.68. The van der Waals surface area contributed by atoms with Crippen molar-refractivity contribution in [3.05, 3.63) is 34.3 Å². The highest BCUT2D eigenvalue weighted by molar-refractivity contribution is 9.10. The molecule has 2 nitrogen and oxygen atoms in total. The van der Waals surface area contributed by atoms with Crippen LogP contribution in [0.2, 0.25) is 0 Å². The SMILES string of the molecule is CCC1CCC(N(C(=O)c2cccc(Br)c2)C2CC2)CC1. The maximum atomic E-state index is 12.9. The largest absolute Gasteiger partial charge is 0.333 e. The Hall–Kier alpha value is -0.830. The van der Waals surface area contributed by atoms with Crippen molar-refractivity contribution >= 4 is 21.8 Å². The summed E-state index contributed by atoms with van der Waals surface area (Å²) >= 11 is 3.47. The van der Waals surface area contributed by atoms with Crippen molar-refractivity contribution in [1.82, 2.24) is 4.90 Å². The second-order valence-corrected chi connectivity index (χ2v) is 7.45. The van der Waals surface area contributed by atoms with Gasteiger partial charge in [0, 0.05) is 22.1 Å². The average Bonchev–Trinajstić information content (AvgIpc) is 3.33. The summed E-state index contributed by atoms with van der Waals surface area (Å²) in [6.45, 7) is 2.29. The van der Waals surface area contributed by atoms with Crippen LogP contribution in [0, 0.1) is 5.92 Å². The Morgan fingerprint density at radius 3 is 2.29 bits per heavy atom. The predicted octanol–water partition coefficient (Wildman–Crippen LogP) is 5.02. The molecule has 0 unspecified atom stereocenters. The molecule has 2 saturated carbocycles. The number of hydrogen-bond acceptors (Lipinski definition) is 1. The van der Waals surface area contributed by atoms with Crippen molar-refractivity contribution in [2.24, 2.45) is 5.92 Å². The van der Waals surface area contributed by atoms with E-state index in [2.05, 4.69) is 27.8 Å². The van der Waals surface area contributed by atoms with Gasteiger partial charge in [-0.3, -0.25) is 4.79 Å². The van der Waals surface area contributed by atoms with Gasteiger partial charge in [-0.25, -0.2) is 0 Å². The monoisotopic (exact) mass is 349 g/mol. The van der Waals surface area contributed by atoms with Crippen molar-refractivity contribution in [2.75, 3.05) is 0 Å². The zero-order valence-corrected chi connectivity index (χ0v) is 14.3. The molecular formula is C18H24BrNO. The van der Waals surface area contributed by atoms with E-state index >= 15 is 0 Å². The highest BCUT2D eigenvalue weighted by Crippen LogP contribution is 2.37. The summed E-state index contributed by atoms with van der Waals surface area (Å²) in [5.41, 5.74) is 0.828. The van der Waals surface area contributed by atoms with Crippen LogP contribution in [0.15, 0.2) is 28.7 Å². The summed E-state index contributed by atoms with van der Waals surface area (Å²) < 4.78 is 0.985. The molecule has 3 rings (SSSR count). The summed E-state index contributed by atoms with van der Waals surface area (Å²) in [5.74, 6) is 1.11. The standard InChI is InChI=1S/C18H24BrNO/c1-2-13-6-8-16(9-7-13)20(17-10-11-17)18(21)14-4-3-5-15(19)12-14/h3-5,12-13,16-17H,2,6-11H2,1H3. The molecule has 2 aliphatic carbocycles. The third-order valence-corrected chi connectivity index (χ3v) is 5.53. The molecule has 3 heteroatoms. The van der Waals surface area contributed by atoms with E-state index in [1.807, 2.05) is 24.3 Å². The van der Waals surface area contributed by atoms with Gasteiger partial charge < -0.3 is 4.90 Å². The van der Waals surface area contributed by atoms with Gasteiger partial charge in [-0.15, -0.1) is 0 Å². The number of halogens is 1. The molecule has 1 aromatic carbocycles. The van der Waals surface area contributed by atoms with E-state index in [-0.39, 0.29) is 5.91 Å². The van der Waals surface area contributed by atoms with Crippen LogP contribution < -0.4 is 0 Å². The van der Waals surface area contributed by atoms with E-state index in [0.29, 0.717) is 12.1 Å². The van der Waals surface area contributed by atoms with Gasteiger partial charge in [0.25, 0.3) is 5.91 Å². The van der Waals surface area contributed by atoms with Gasteiger partial charge in [-0.1, -0.05) is 35.3 Å². The second kappa shape index (κ2) is 6.51. The Morgan fingerprint density at radius 2 is 1.76 bits per heavy atom. The first-order valence-corrected chi connectivity index (χ1v) is 9.06. The van der Waals surface area contributed by atoms with Gasteiger partial charge in [0.2, 0.25) is 0 Å². The van der Waals surface area contributed by atoms with Gasteiger partial charge in [-0.05, 0) is 62.6 Å². The lowest BCUT2D eigenvalue weighted by Crippen LogP contribution is -2.43. The average molecular weight is 350 g/mol. The minimum atomic E-state index is 0.235. The zero-order valence-electron chi connectivity index (χ0n) is 12.7. The first-order valence-electron chi connectivity index (χ1n) is 8.27. The van der Waals surface area contributed by atoms with E-state index < -0.39 is 0 Å². The minimum absolute atomic E-state index is 0.235. The van der Waals surface area contributed by atoms with Crippen molar-refractivity contribution in [3.8, 4) is 0 Å². The normalized spacial score (nSPS) is 25.6. The topological polar surface area (TPSA) is 20.3 Å². The van der Waals surface area contributed by atoms with E-state index in [0.717, 1.165) is 16.0 Å². The van der Waals surface area contributed by atoms with Crippen molar-refractivity contribution < 1.29 is 4.79 Å². The van der Waals surface area contributed by atoms with Crippen LogP contribution in [0.3, 0.4) is 0 Å². The fraction of sp³-hybridized carbons (Fsp3) is 0.611. The number of hydrogen-bond donors (Lipinski definition) is 0. The summed E-state index contributed by atoms with van der Waals surface area (Å²) in [7, 11) is 0. The van der Waals surface area contributed by atoms with Crippen LogP contribution in [0.25, 0.3) is 0 Å². The maximum Gasteiger partial charge on any atom is 0.254 e. The van der Waals surface area contributed by atoms with Gasteiger partial charge in [0.05, 0.1) is 0 Å². The number of rotatable bonds is 4. The van der Waals surface area contributed by atoms with E-state index in [4.69, 9.17) is 0 Å². The van der Waals surface area contributed by atoms with Gasteiger partial charge in [-0.2, -0.15) is 0 Å². The fourth-order valence-electron chi connectivity index (χ4n) is 3.58. The van der Waals surface area contributed by atoms with Crippen LogP contribution in [0.5, 0.6) is 0 Å². The molecule has 2 aliphatic rings. The molecule has 2 fully saturated rings. The highest BCUT2D eigenvalue weighted by Gasteiger charge is 2.38. The third kappa shape index (κ3) is 3.50. The summed E-state index contributed by atoms with van der Waals surface area (Å²) in [4.78, 5) is 15.1. The van der Waals surface area contributed by atoms with Gasteiger partial charge >= 0.3 is 0 Å². The molecular weight excluding hydrogens is 326 g/mol. The summed E-state index contributed by atoms with van der Waals surface area (Å²) in [6.07, 6.45) is 8.62. The van der Waals surface area contributed by atoms with E-state index in [9.17, 15) is 4.79 Å². The maximum absolute atomic E-state index is 12.9. The molecule has 0 spiro atoms. The first-order chi connectivity index (χ1) is 10.2. The number of amides is 1. The molecule has 0 N–H and O–H groups in total. The van der Waals surface area contributed by atoms with Crippen LogP contribution in [0.4, 0.5) is 0 Å². The number of benzene rings is 1. The van der Waals surface area contributed by atoms with Crippen LogP contribution in [0.1, 0.15) is 62.2 Å². The molecule has 0 bridgehead atoms. The Bertz CT molecular complexity index is 504. The fourth-order valence-corrected chi connectivity index (χ4v) is 3.98. The van der Waals surface area contributed by atoms with E-state index in [1.165, 1.54) is 44.9 Å². The summed E-state index contributed by atoms with van der Waals surface area (Å²) in [6, 6.07) is 8.79. The number of carbonyl (C=O) groups excluding carboxylic acids is 1. The molecule has 114 valence electrons. The Morgan fingerprint density at radius 1 is 1.14 bits per heavy atom. The van der Waals surface area contributed by atoms with Crippen molar-refractivity contribution in [3.63, 3.8) is 0 Å². The van der Waals surface area contributed by atoms with Gasteiger partial charge in [0.1, 0.15) is 0 Å². The molecule has 0 aromatic heterocycles. The quantitative estimate of drug-likeness (QED) is 0.746. The third-order valence-electron chi connectivity index (χ3n) is 5.03. The molecule has 21 heavy (non-hydrogen) atoms. The Balaban J connectivity index is 1.74. The lowest BCUT2D eigenvalue weighted by atomic mass is 9.83.